The first-order chi connectivity index (χ1) is 8.02. The summed E-state index contributed by atoms with van der Waals surface area (Å²) in [5, 5.41) is 23.1. The number of anilines is 2. The molecule has 0 saturated heterocycles. The highest BCUT2D eigenvalue weighted by Gasteiger charge is 2.09. The zero-order valence-electron chi connectivity index (χ0n) is 9.72. The molecule has 0 radical (unpaired) electrons. The van der Waals surface area contributed by atoms with Crippen LogP contribution in [0.15, 0.2) is 18.2 Å². The minimum Gasteiger partial charge on any atom is -0.398 e. The van der Waals surface area contributed by atoms with Crippen LogP contribution in [0.25, 0.3) is 0 Å². The van der Waals surface area contributed by atoms with Crippen LogP contribution in [0.4, 0.5) is 17.1 Å². The number of nitrogen functional groups attached to an aromatic ring is 1. The molecule has 1 unspecified atom stereocenters. The number of hydrogen-bond donors (Lipinski definition) is 3. The third-order valence-corrected chi connectivity index (χ3v) is 2.31. The lowest BCUT2D eigenvalue weighted by Crippen LogP contribution is -2.19. The molecular formula is C11H17N3O3. The van der Waals surface area contributed by atoms with Crippen LogP contribution in [-0.2, 0) is 0 Å². The number of nitrogens with two attached hydrogens (primary N) is 1. The smallest absolute Gasteiger partial charge is 0.273 e. The Morgan fingerprint density at radius 1 is 1.53 bits per heavy atom. The topological polar surface area (TPSA) is 101 Å². The molecule has 6 heteroatoms. The summed E-state index contributed by atoms with van der Waals surface area (Å²) in [5.41, 5.74) is 6.37. The first-order valence-electron chi connectivity index (χ1n) is 5.49. The van der Waals surface area contributed by atoms with Crippen molar-refractivity contribution in [2.24, 2.45) is 0 Å². The number of aliphatic hydroxyl groups excluding tert-OH is 1. The number of nitro groups is 1. The molecule has 0 aliphatic rings. The highest BCUT2D eigenvalue weighted by atomic mass is 16.6. The molecule has 0 aromatic heterocycles. The second kappa shape index (κ2) is 6.05. The fourth-order valence-corrected chi connectivity index (χ4v) is 1.51. The third-order valence-electron chi connectivity index (χ3n) is 2.31. The van der Waals surface area contributed by atoms with Crippen molar-refractivity contribution >= 4 is 17.1 Å². The van der Waals surface area contributed by atoms with Gasteiger partial charge >= 0.3 is 0 Å². The van der Waals surface area contributed by atoms with Crippen LogP contribution < -0.4 is 11.1 Å². The number of nitrogens with one attached hydrogen (secondary N) is 1. The van der Waals surface area contributed by atoms with Gasteiger partial charge in [0.25, 0.3) is 5.69 Å². The van der Waals surface area contributed by atoms with Crippen molar-refractivity contribution < 1.29 is 10.0 Å². The van der Waals surface area contributed by atoms with Crippen molar-refractivity contribution in [2.75, 3.05) is 17.6 Å². The van der Waals surface area contributed by atoms with Crippen molar-refractivity contribution in [3.05, 3.63) is 28.3 Å². The molecule has 1 atom stereocenters. The number of aliphatic hydroxyl groups is 1. The molecule has 6 nitrogen and oxygen atoms in total. The molecule has 0 saturated carbocycles. The van der Waals surface area contributed by atoms with E-state index in [1.165, 1.54) is 12.1 Å². The quantitative estimate of drug-likeness (QED) is 0.399. The molecular weight excluding hydrogens is 222 g/mol. The molecule has 0 aliphatic heterocycles. The van der Waals surface area contributed by atoms with Gasteiger partial charge in [0.15, 0.2) is 0 Å². The Bertz CT molecular complexity index is 396. The average molecular weight is 239 g/mol. The Morgan fingerprint density at radius 2 is 2.24 bits per heavy atom. The molecule has 0 amide bonds. The molecule has 4 N–H and O–H groups in total. The van der Waals surface area contributed by atoms with E-state index in [4.69, 9.17) is 5.73 Å². The summed E-state index contributed by atoms with van der Waals surface area (Å²) >= 11 is 0. The van der Waals surface area contributed by atoms with E-state index in [1.54, 1.807) is 6.07 Å². The van der Waals surface area contributed by atoms with Crippen molar-refractivity contribution in [1.29, 1.82) is 0 Å². The minimum atomic E-state index is -0.496. The summed E-state index contributed by atoms with van der Waals surface area (Å²) in [5.74, 6) is 0. The summed E-state index contributed by atoms with van der Waals surface area (Å²) < 4.78 is 0. The Balaban J connectivity index is 2.68. The predicted molar refractivity (Wildman–Crippen MR) is 66.9 cm³/mol. The number of hydrogen-bond acceptors (Lipinski definition) is 5. The summed E-state index contributed by atoms with van der Waals surface area (Å²) in [7, 11) is 0. The molecule has 1 rings (SSSR count). The van der Waals surface area contributed by atoms with Crippen LogP contribution in [0, 0.1) is 10.1 Å². The zero-order chi connectivity index (χ0) is 12.8. The van der Waals surface area contributed by atoms with Gasteiger partial charge in [0.05, 0.1) is 11.0 Å². The predicted octanol–water partition coefficient (Wildman–Crippen LogP) is 1.75. The molecule has 1 aromatic carbocycles. The number of non-ortho nitro benzene ring substituents is 1. The van der Waals surface area contributed by atoms with Crippen LogP contribution >= 0.6 is 0 Å². The first kappa shape index (κ1) is 13.2. The Hall–Kier alpha value is -1.82. The van der Waals surface area contributed by atoms with E-state index in [0.29, 0.717) is 24.3 Å². The molecule has 0 spiro atoms. The van der Waals surface area contributed by atoms with Gasteiger partial charge in [0, 0.05) is 30.1 Å². The maximum atomic E-state index is 10.6. The Labute approximate surface area is 99.6 Å². The van der Waals surface area contributed by atoms with Crippen LogP contribution in [0.3, 0.4) is 0 Å². The van der Waals surface area contributed by atoms with Gasteiger partial charge in [-0.2, -0.15) is 0 Å². The molecule has 94 valence electrons. The lowest BCUT2D eigenvalue weighted by molar-refractivity contribution is -0.384. The normalized spacial score (nSPS) is 12.1. The molecule has 1 aromatic rings. The lowest BCUT2D eigenvalue weighted by atomic mass is 10.2. The largest absolute Gasteiger partial charge is 0.398 e. The highest BCUT2D eigenvalue weighted by molar-refractivity contribution is 5.61. The summed E-state index contributed by atoms with van der Waals surface area (Å²) in [6.45, 7) is 2.34. The van der Waals surface area contributed by atoms with Crippen molar-refractivity contribution in [3.8, 4) is 0 Å². The summed E-state index contributed by atoms with van der Waals surface area (Å²) in [6.07, 6.45) is 1.12. The number of nitrogens with zero attached hydrogens (tertiary/aromatic N) is 1. The fourth-order valence-electron chi connectivity index (χ4n) is 1.51. The molecule has 0 bridgehead atoms. The summed E-state index contributed by atoms with van der Waals surface area (Å²) in [4.78, 5) is 10.1. The maximum absolute atomic E-state index is 10.6. The first-order valence-corrected chi connectivity index (χ1v) is 5.49. The van der Waals surface area contributed by atoms with Crippen LogP contribution in [-0.4, -0.2) is 22.7 Å². The van der Waals surface area contributed by atoms with Crippen molar-refractivity contribution in [1.82, 2.24) is 0 Å². The van der Waals surface area contributed by atoms with Gasteiger partial charge in [0.2, 0.25) is 0 Å². The van der Waals surface area contributed by atoms with Crippen molar-refractivity contribution in [2.45, 2.75) is 25.9 Å². The maximum Gasteiger partial charge on any atom is 0.273 e. The minimum absolute atomic E-state index is 0.0579. The van der Waals surface area contributed by atoms with E-state index < -0.39 is 11.0 Å². The highest BCUT2D eigenvalue weighted by Crippen LogP contribution is 2.22. The average Bonchev–Trinajstić information content (AvgIpc) is 2.26. The van der Waals surface area contributed by atoms with Gasteiger partial charge in [-0.1, -0.05) is 13.3 Å². The summed E-state index contributed by atoms with van der Waals surface area (Å²) in [6, 6.07) is 4.30. The van der Waals surface area contributed by atoms with E-state index in [0.717, 1.165) is 6.42 Å². The Morgan fingerprint density at radius 3 is 2.82 bits per heavy atom. The third kappa shape index (κ3) is 4.28. The van der Waals surface area contributed by atoms with Gasteiger partial charge in [-0.25, -0.2) is 0 Å². The molecule has 17 heavy (non-hydrogen) atoms. The van der Waals surface area contributed by atoms with Gasteiger partial charge in [-0.05, 0) is 12.5 Å². The van der Waals surface area contributed by atoms with E-state index in [1.807, 2.05) is 6.92 Å². The van der Waals surface area contributed by atoms with E-state index in [9.17, 15) is 15.2 Å². The fraction of sp³-hybridized carbons (Fsp3) is 0.455. The zero-order valence-corrected chi connectivity index (χ0v) is 9.72. The second-order valence-electron chi connectivity index (χ2n) is 3.89. The standard InChI is InChI=1S/C11H17N3O3/c1-2-3-11(15)7-13-9-4-8(12)5-10(6-9)14(16)17/h4-6,11,13,15H,2-3,7,12H2,1H3. The number of benzene rings is 1. The van der Waals surface area contributed by atoms with E-state index in [2.05, 4.69) is 5.32 Å². The molecule has 0 heterocycles. The van der Waals surface area contributed by atoms with Crippen molar-refractivity contribution in [3.63, 3.8) is 0 Å². The SMILES string of the molecule is CCCC(O)CNc1cc(N)cc([N+](=O)[O-])c1. The second-order valence-corrected chi connectivity index (χ2v) is 3.89. The molecule has 0 aliphatic carbocycles. The van der Waals surface area contributed by atoms with Gasteiger partial charge in [-0.3, -0.25) is 10.1 Å². The van der Waals surface area contributed by atoms with Gasteiger partial charge < -0.3 is 16.2 Å². The van der Waals surface area contributed by atoms with Gasteiger partial charge in [0.1, 0.15) is 0 Å². The molecule has 0 fully saturated rings. The van der Waals surface area contributed by atoms with Crippen LogP contribution in [0.1, 0.15) is 19.8 Å². The Kier molecular flexibility index (Phi) is 4.71. The van der Waals surface area contributed by atoms with E-state index in [-0.39, 0.29) is 5.69 Å². The van der Waals surface area contributed by atoms with E-state index >= 15 is 0 Å². The number of rotatable bonds is 6. The van der Waals surface area contributed by atoms with Crippen LogP contribution in [0.5, 0.6) is 0 Å². The number of nitro benzene ring substituents is 1. The lowest BCUT2D eigenvalue weighted by Gasteiger charge is -2.12. The van der Waals surface area contributed by atoms with Gasteiger partial charge in [-0.15, -0.1) is 0 Å². The monoisotopic (exact) mass is 239 g/mol. The van der Waals surface area contributed by atoms with Crippen LogP contribution in [0.2, 0.25) is 0 Å².